The zero-order valence-corrected chi connectivity index (χ0v) is 22.2. The van der Waals surface area contributed by atoms with Crippen LogP contribution in [0.5, 0.6) is 11.5 Å². The van der Waals surface area contributed by atoms with Crippen LogP contribution in [0.15, 0.2) is 65.6 Å². The smallest absolute Gasteiger partial charge is 0.270 e. The van der Waals surface area contributed by atoms with Gasteiger partial charge in [0.15, 0.2) is 22.4 Å². The van der Waals surface area contributed by atoms with Gasteiger partial charge in [0.05, 0.1) is 22.7 Å². The molecule has 6 nitrogen and oxygen atoms in total. The molecule has 0 aliphatic carbocycles. The fourth-order valence-corrected chi connectivity index (χ4v) is 5.10. The molecule has 2 amide bonds. The molecular weight excluding hydrogens is 516 g/mol. The highest BCUT2D eigenvalue weighted by Gasteiger charge is 2.33. The molecule has 0 bridgehead atoms. The van der Waals surface area contributed by atoms with Crippen LogP contribution in [-0.4, -0.2) is 29.9 Å². The first kappa shape index (κ1) is 25.8. The minimum absolute atomic E-state index is 0.207. The van der Waals surface area contributed by atoms with Gasteiger partial charge in [-0.2, -0.15) is 0 Å². The van der Waals surface area contributed by atoms with Crippen LogP contribution in [0.2, 0.25) is 5.02 Å². The third kappa shape index (κ3) is 5.73. The highest BCUT2D eigenvalue weighted by molar-refractivity contribution is 8.27. The predicted octanol–water partition coefficient (Wildman–Crippen LogP) is 6.39. The van der Waals surface area contributed by atoms with Crippen LogP contribution in [0.4, 0.5) is 11.4 Å². The summed E-state index contributed by atoms with van der Waals surface area (Å²) in [6.45, 7) is 3.76. The lowest BCUT2D eigenvalue weighted by Gasteiger charge is -2.16. The number of halogens is 1. The van der Waals surface area contributed by atoms with Gasteiger partial charge in [-0.3, -0.25) is 14.5 Å². The third-order valence-corrected chi connectivity index (χ3v) is 7.08. The molecule has 0 unspecified atom stereocenters. The van der Waals surface area contributed by atoms with Gasteiger partial charge in [0.1, 0.15) is 0 Å². The second-order valence-electron chi connectivity index (χ2n) is 8.02. The number of thiocarbonyl (C=S) groups is 1. The Morgan fingerprint density at radius 3 is 2.56 bits per heavy atom. The highest BCUT2D eigenvalue weighted by atomic mass is 35.5. The Morgan fingerprint density at radius 2 is 1.86 bits per heavy atom. The van der Waals surface area contributed by atoms with Gasteiger partial charge in [0.2, 0.25) is 0 Å². The van der Waals surface area contributed by atoms with Crippen LogP contribution < -0.4 is 19.7 Å². The van der Waals surface area contributed by atoms with Crippen molar-refractivity contribution < 1.29 is 19.1 Å². The number of rotatable bonds is 7. The molecule has 1 saturated heterocycles. The van der Waals surface area contributed by atoms with Crippen LogP contribution in [0.1, 0.15) is 16.7 Å². The number of anilines is 2. The summed E-state index contributed by atoms with van der Waals surface area (Å²) in [5.41, 5.74) is 4.25. The normalized spacial score (nSPS) is 14.3. The van der Waals surface area contributed by atoms with E-state index in [1.165, 1.54) is 23.8 Å². The molecule has 0 spiro atoms. The molecule has 36 heavy (non-hydrogen) atoms. The summed E-state index contributed by atoms with van der Waals surface area (Å²) in [5, 5.41) is 3.00. The Morgan fingerprint density at radius 1 is 1.11 bits per heavy atom. The number of amides is 2. The SMILES string of the molecule is COc1cc(/C=C2\SC(=S)N(c3ccc(C)c(C)c3)C2=O)cc(Cl)c1OCC(=O)Nc1ccccc1. The second-order valence-corrected chi connectivity index (χ2v) is 10.1. The van der Waals surface area contributed by atoms with E-state index in [2.05, 4.69) is 5.32 Å². The number of aryl methyl sites for hydroxylation is 2. The second kappa shape index (κ2) is 11.2. The monoisotopic (exact) mass is 538 g/mol. The first-order valence-electron chi connectivity index (χ1n) is 11.0. The van der Waals surface area contributed by atoms with Gasteiger partial charge in [-0.1, -0.05) is 59.8 Å². The van der Waals surface area contributed by atoms with Crippen LogP contribution >= 0.6 is 35.6 Å². The van der Waals surface area contributed by atoms with E-state index < -0.39 is 0 Å². The van der Waals surface area contributed by atoms with Gasteiger partial charge in [-0.05, 0) is 73.0 Å². The molecular formula is C27H23ClN2O4S2. The highest BCUT2D eigenvalue weighted by Crippen LogP contribution is 2.40. The van der Waals surface area contributed by atoms with Crippen molar-refractivity contribution in [3.63, 3.8) is 0 Å². The number of benzene rings is 3. The number of methoxy groups -OCH3 is 1. The van der Waals surface area contributed by atoms with Gasteiger partial charge < -0.3 is 14.8 Å². The number of ether oxygens (including phenoxy) is 2. The number of carbonyl (C=O) groups is 2. The van der Waals surface area contributed by atoms with E-state index >= 15 is 0 Å². The number of para-hydroxylation sites is 1. The van der Waals surface area contributed by atoms with Crippen LogP contribution in [0.3, 0.4) is 0 Å². The maximum Gasteiger partial charge on any atom is 0.270 e. The molecule has 184 valence electrons. The summed E-state index contributed by atoms with van der Waals surface area (Å²) in [5.74, 6) is 0.0350. The lowest BCUT2D eigenvalue weighted by molar-refractivity contribution is -0.118. The van der Waals surface area contributed by atoms with Gasteiger partial charge >= 0.3 is 0 Å². The summed E-state index contributed by atoms with van der Waals surface area (Å²) in [6, 6.07) is 18.2. The summed E-state index contributed by atoms with van der Waals surface area (Å²) in [6.07, 6.45) is 1.71. The molecule has 0 atom stereocenters. The molecule has 3 aromatic rings. The van der Waals surface area contributed by atoms with Crippen molar-refractivity contribution in [2.45, 2.75) is 13.8 Å². The summed E-state index contributed by atoms with van der Waals surface area (Å²) < 4.78 is 11.6. The number of nitrogens with one attached hydrogen (secondary N) is 1. The van der Waals surface area contributed by atoms with Crippen LogP contribution in [0, 0.1) is 13.8 Å². The lowest BCUT2D eigenvalue weighted by Crippen LogP contribution is -2.27. The summed E-state index contributed by atoms with van der Waals surface area (Å²) in [4.78, 5) is 27.4. The Kier molecular flexibility index (Phi) is 7.98. The molecule has 9 heteroatoms. The Bertz CT molecular complexity index is 1380. The average molecular weight is 539 g/mol. The fourth-order valence-electron chi connectivity index (χ4n) is 3.53. The van der Waals surface area contributed by atoms with Crippen LogP contribution in [0.25, 0.3) is 6.08 Å². The molecule has 1 N–H and O–H groups in total. The lowest BCUT2D eigenvalue weighted by atomic mass is 10.1. The first-order valence-corrected chi connectivity index (χ1v) is 12.6. The van der Waals surface area contributed by atoms with Gasteiger partial charge in [-0.15, -0.1) is 0 Å². The standard InChI is InChI=1S/C27H23ClN2O4S2/c1-16-9-10-20(11-17(16)2)30-26(32)23(36-27(30)35)14-18-12-21(28)25(22(13-18)33-3)34-15-24(31)29-19-7-5-4-6-8-19/h4-14H,15H2,1-3H3,(H,29,31)/b23-14-. The van der Waals surface area contributed by atoms with Gasteiger partial charge in [-0.25, -0.2) is 0 Å². The van der Waals surface area contributed by atoms with Crippen molar-refractivity contribution in [1.82, 2.24) is 0 Å². The molecule has 0 saturated carbocycles. The average Bonchev–Trinajstić information content (AvgIpc) is 3.13. The Balaban J connectivity index is 1.52. The van der Waals surface area contributed by atoms with E-state index in [0.717, 1.165) is 16.8 Å². The Labute approximate surface area is 224 Å². The zero-order chi connectivity index (χ0) is 25.8. The molecule has 1 aliphatic heterocycles. The van der Waals surface area contributed by atoms with E-state index in [4.69, 9.17) is 33.3 Å². The fraction of sp³-hybridized carbons (Fsp3) is 0.148. The van der Waals surface area contributed by atoms with Crippen molar-refractivity contribution in [1.29, 1.82) is 0 Å². The van der Waals surface area contributed by atoms with E-state index in [0.29, 0.717) is 26.2 Å². The van der Waals surface area contributed by atoms with E-state index in [1.54, 1.807) is 30.3 Å². The number of hydrogen-bond donors (Lipinski definition) is 1. The third-order valence-electron chi connectivity index (χ3n) is 5.50. The maximum absolute atomic E-state index is 13.2. The number of hydrogen-bond acceptors (Lipinski definition) is 6. The van der Waals surface area contributed by atoms with Gasteiger partial charge in [0, 0.05) is 5.69 Å². The summed E-state index contributed by atoms with van der Waals surface area (Å²) >= 11 is 13.2. The van der Waals surface area contributed by atoms with Crippen molar-refractivity contribution in [3.8, 4) is 11.5 Å². The molecule has 4 rings (SSSR count). The molecule has 0 aromatic heterocycles. The van der Waals surface area contributed by atoms with Crippen molar-refractivity contribution >= 4 is 69.2 Å². The number of carbonyl (C=O) groups excluding carboxylic acids is 2. The van der Waals surface area contributed by atoms with E-state index in [-0.39, 0.29) is 29.2 Å². The maximum atomic E-state index is 13.2. The Hall–Kier alpha value is -3.33. The molecule has 1 aliphatic rings. The van der Waals surface area contributed by atoms with Crippen molar-refractivity contribution in [2.75, 3.05) is 23.9 Å². The minimum Gasteiger partial charge on any atom is -0.493 e. The number of thioether (sulfide) groups is 1. The summed E-state index contributed by atoms with van der Waals surface area (Å²) in [7, 11) is 1.48. The largest absolute Gasteiger partial charge is 0.493 e. The van der Waals surface area contributed by atoms with Gasteiger partial charge in [0.25, 0.3) is 11.8 Å². The molecule has 1 fully saturated rings. The molecule has 1 heterocycles. The van der Waals surface area contributed by atoms with Crippen LogP contribution in [-0.2, 0) is 9.59 Å². The topological polar surface area (TPSA) is 67.9 Å². The first-order chi connectivity index (χ1) is 17.3. The van der Waals surface area contributed by atoms with Crippen molar-refractivity contribution in [3.05, 3.63) is 87.3 Å². The predicted molar refractivity (Wildman–Crippen MR) is 150 cm³/mol. The van der Waals surface area contributed by atoms with E-state index in [9.17, 15) is 9.59 Å². The molecule has 0 radical (unpaired) electrons. The van der Waals surface area contributed by atoms with Crippen molar-refractivity contribution in [2.24, 2.45) is 0 Å². The van der Waals surface area contributed by atoms with E-state index in [1.807, 2.05) is 50.2 Å². The quantitative estimate of drug-likeness (QED) is 0.278. The zero-order valence-electron chi connectivity index (χ0n) is 19.8. The minimum atomic E-state index is -0.335. The molecule has 3 aromatic carbocycles. The number of nitrogens with zero attached hydrogens (tertiary/aromatic N) is 1.